The highest BCUT2D eigenvalue weighted by Gasteiger charge is 2.63. The molecule has 0 aromatic heterocycles. The molecule has 4 fully saturated rings. The molecule has 0 unspecified atom stereocenters. The normalized spacial score (nSPS) is 42.0. The molecule has 2 spiro atoms. The van der Waals surface area contributed by atoms with Crippen LogP contribution in [-0.2, 0) is 44.6 Å². The first-order chi connectivity index (χ1) is 28.4. The topological polar surface area (TPSA) is 150 Å². The van der Waals surface area contributed by atoms with E-state index < -0.39 is 58.8 Å². The van der Waals surface area contributed by atoms with Crippen LogP contribution >= 0.6 is 0 Å². The highest BCUT2D eigenvalue weighted by atomic mass is 16.8. The van der Waals surface area contributed by atoms with Crippen LogP contribution in [-0.4, -0.2) is 92.6 Å². The summed E-state index contributed by atoms with van der Waals surface area (Å²) in [6, 6.07) is 9.64. The Hall–Kier alpha value is -2.22. The molecule has 18 atom stereocenters. The van der Waals surface area contributed by atoms with Crippen LogP contribution in [0.4, 0.5) is 0 Å². The molecule has 5 heterocycles. The third kappa shape index (κ3) is 9.21. The Morgan fingerprint density at radius 2 is 1.58 bits per heavy atom. The van der Waals surface area contributed by atoms with E-state index in [2.05, 4.69) is 20.8 Å². The number of ketones is 1. The Labute approximate surface area is 359 Å². The summed E-state index contributed by atoms with van der Waals surface area (Å²) in [6.07, 6.45) is 5.88. The van der Waals surface area contributed by atoms with Gasteiger partial charge in [-0.25, -0.2) is 0 Å². The molecule has 0 amide bonds. The van der Waals surface area contributed by atoms with E-state index in [0.29, 0.717) is 44.9 Å². The zero-order valence-electron chi connectivity index (χ0n) is 38.0. The van der Waals surface area contributed by atoms with Crippen molar-refractivity contribution in [1.29, 1.82) is 0 Å². The fourth-order valence-electron chi connectivity index (χ4n) is 11.3. The fraction of sp³-hybridized carbons (Fsp3) is 0.796. The molecule has 1 aromatic carbocycles. The summed E-state index contributed by atoms with van der Waals surface area (Å²) in [5.41, 5.74) is -0.705. The number of rotatable bonds is 14. The van der Waals surface area contributed by atoms with Gasteiger partial charge in [-0.1, -0.05) is 85.7 Å². The molecule has 6 rings (SSSR count). The minimum Gasteiger partial charge on any atom is -0.461 e. The van der Waals surface area contributed by atoms with Gasteiger partial charge in [0.1, 0.15) is 18.5 Å². The van der Waals surface area contributed by atoms with E-state index in [0.717, 1.165) is 24.8 Å². The standard InChI is InChI=1S/C49H76O11/c1-11-36(45(53)55-28-35-17-15-14-16-18-35)38-20-19-29(4)43(57-38)33(8)41(51)32(7)42(52)37(12-2)44-30(5)27-31(6)48(58-44)24-21-39(50)49(60-48)26-25-46(10,59-49)40-22-23-47(54,13-3)34(9)56-40/h14-18,21,24,29-34,36-41,43-44,50-51,54H,11-13,19-20,22-23,25-28H2,1-10H3/t29-,30-,31+,32-,33-,34-,36+,37-,38+,39+,40+,41+,43+,44-,46-,47+,48-,49-/m0/s1. The number of ether oxygens (including phenoxy) is 6. The molecule has 0 saturated carbocycles. The number of hydrogen-bond acceptors (Lipinski definition) is 11. The summed E-state index contributed by atoms with van der Waals surface area (Å²) in [6.45, 7) is 20.1. The van der Waals surface area contributed by atoms with Gasteiger partial charge in [-0.05, 0) is 101 Å². The first kappa shape index (κ1) is 47.3. The molecule has 4 saturated heterocycles. The maximum absolute atomic E-state index is 14.6. The Bertz CT molecular complexity index is 1640. The van der Waals surface area contributed by atoms with E-state index in [4.69, 9.17) is 28.4 Å². The molecule has 11 heteroatoms. The maximum atomic E-state index is 14.6. The lowest BCUT2D eigenvalue weighted by Gasteiger charge is -2.54. The van der Waals surface area contributed by atoms with Crippen LogP contribution in [0.3, 0.4) is 0 Å². The van der Waals surface area contributed by atoms with Crippen LogP contribution in [0.25, 0.3) is 0 Å². The van der Waals surface area contributed by atoms with E-state index in [-0.39, 0.29) is 66.4 Å². The first-order valence-electron chi connectivity index (χ1n) is 23.3. The fourth-order valence-corrected chi connectivity index (χ4v) is 11.3. The summed E-state index contributed by atoms with van der Waals surface area (Å²) in [7, 11) is 0. The van der Waals surface area contributed by atoms with Crippen LogP contribution < -0.4 is 0 Å². The van der Waals surface area contributed by atoms with Gasteiger partial charge in [0.15, 0.2) is 5.79 Å². The van der Waals surface area contributed by atoms with E-state index in [9.17, 15) is 24.9 Å². The highest BCUT2D eigenvalue weighted by molar-refractivity contribution is 5.84. The second kappa shape index (κ2) is 18.9. The zero-order chi connectivity index (χ0) is 43.8. The molecule has 0 radical (unpaired) electrons. The number of aliphatic hydroxyl groups excluding tert-OH is 2. The molecule has 3 N–H and O–H groups in total. The smallest absolute Gasteiger partial charge is 0.311 e. The number of esters is 1. The van der Waals surface area contributed by atoms with E-state index in [1.807, 2.05) is 84.9 Å². The quantitative estimate of drug-likeness (QED) is 0.124. The Kier molecular flexibility index (Phi) is 14.9. The van der Waals surface area contributed by atoms with Crippen molar-refractivity contribution in [3.63, 3.8) is 0 Å². The maximum Gasteiger partial charge on any atom is 0.311 e. The SMILES string of the molecule is CC[C@@H](C(=O)[C@@H](C)[C@@H](O)[C@H](C)[C@@H]1O[C@@H]([C@@H](CC)C(=O)OCc2ccccc2)CC[C@@H]1C)[C@H]1O[C@]2(C=C[C@@H](O)[C@]3(CC[C@@](C)([C@H]4CC[C@](O)(CC)[C@H](C)O4)O3)O2)[C@H](C)C[C@@H]1C. The summed E-state index contributed by atoms with van der Waals surface area (Å²) >= 11 is 0. The molecule has 11 nitrogen and oxygen atoms in total. The van der Waals surface area contributed by atoms with Crippen LogP contribution in [0.1, 0.15) is 139 Å². The largest absolute Gasteiger partial charge is 0.461 e. The summed E-state index contributed by atoms with van der Waals surface area (Å²) < 4.78 is 39.7. The summed E-state index contributed by atoms with van der Waals surface area (Å²) in [5, 5.41) is 34.5. The lowest BCUT2D eigenvalue weighted by atomic mass is 9.72. The Morgan fingerprint density at radius 1 is 0.883 bits per heavy atom. The lowest BCUT2D eigenvalue weighted by molar-refractivity contribution is -0.409. The Balaban J connectivity index is 1.12. The van der Waals surface area contributed by atoms with E-state index in [1.165, 1.54) is 0 Å². The Morgan fingerprint density at radius 3 is 2.23 bits per heavy atom. The van der Waals surface area contributed by atoms with Gasteiger partial charge < -0.3 is 43.7 Å². The lowest BCUT2D eigenvalue weighted by Crippen LogP contribution is -2.63. The molecule has 338 valence electrons. The molecule has 0 bridgehead atoms. The number of hydrogen-bond donors (Lipinski definition) is 3. The third-order valence-corrected chi connectivity index (χ3v) is 15.7. The summed E-state index contributed by atoms with van der Waals surface area (Å²) in [5.74, 6) is -4.96. The van der Waals surface area contributed by atoms with Crippen molar-refractivity contribution in [3.8, 4) is 0 Å². The van der Waals surface area contributed by atoms with E-state index in [1.54, 1.807) is 6.08 Å². The molecule has 5 aliphatic heterocycles. The van der Waals surface area contributed by atoms with Crippen molar-refractivity contribution in [2.45, 2.75) is 206 Å². The summed E-state index contributed by atoms with van der Waals surface area (Å²) in [4.78, 5) is 28.0. The van der Waals surface area contributed by atoms with Gasteiger partial charge in [0.25, 0.3) is 0 Å². The first-order valence-corrected chi connectivity index (χ1v) is 23.3. The van der Waals surface area contributed by atoms with Crippen LogP contribution in [0.15, 0.2) is 42.5 Å². The number of carbonyl (C=O) groups excluding carboxylic acids is 2. The second-order valence-corrected chi connectivity index (χ2v) is 19.7. The molecule has 5 aliphatic rings. The number of carbonyl (C=O) groups is 2. The van der Waals surface area contributed by atoms with Gasteiger partial charge in [0.05, 0.1) is 53.7 Å². The van der Waals surface area contributed by atoms with Crippen LogP contribution in [0.2, 0.25) is 0 Å². The van der Waals surface area contributed by atoms with Gasteiger partial charge in [0.2, 0.25) is 5.79 Å². The average Bonchev–Trinajstić information content (AvgIpc) is 3.59. The monoisotopic (exact) mass is 841 g/mol. The predicted molar refractivity (Wildman–Crippen MR) is 227 cm³/mol. The van der Waals surface area contributed by atoms with Crippen molar-refractivity contribution in [1.82, 2.24) is 0 Å². The zero-order valence-corrected chi connectivity index (χ0v) is 38.0. The predicted octanol–water partition coefficient (Wildman–Crippen LogP) is 7.85. The second-order valence-electron chi connectivity index (χ2n) is 19.7. The van der Waals surface area contributed by atoms with Gasteiger partial charge >= 0.3 is 5.97 Å². The van der Waals surface area contributed by atoms with E-state index >= 15 is 0 Å². The van der Waals surface area contributed by atoms with Crippen molar-refractivity contribution in [2.24, 2.45) is 41.4 Å². The van der Waals surface area contributed by atoms with Gasteiger partial charge in [-0.3, -0.25) is 9.59 Å². The van der Waals surface area contributed by atoms with Crippen LogP contribution in [0.5, 0.6) is 0 Å². The molecular formula is C49H76O11. The third-order valence-electron chi connectivity index (χ3n) is 15.7. The van der Waals surface area contributed by atoms with Gasteiger partial charge in [0, 0.05) is 30.1 Å². The van der Waals surface area contributed by atoms with Gasteiger partial charge in [-0.15, -0.1) is 0 Å². The minimum absolute atomic E-state index is 0.0142. The molecule has 60 heavy (non-hydrogen) atoms. The number of aliphatic hydroxyl groups is 3. The van der Waals surface area contributed by atoms with Crippen molar-refractivity contribution in [2.75, 3.05) is 0 Å². The minimum atomic E-state index is -1.37. The van der Waals surface area contributed by atoms with Crippen molar-refractivity contribution in [3.05, 3.63) is 48.0 Å². The number of Topliss-reactive ketones (excluding diaryl/α,β-unsaturated/α-hetero) is 1. The number of benzene rings is 1. The molecule has 0 aliphatic carbocycles. The molecule has 1 aromatic rings. The highest BCUT2D eigenvalue weighted by Crippen LogP contribution is 2.54. The molecular weight excluding hydrogens is 765 g/mol. The van der Waals surface area contributed by atoms with Crippen molar-refractivity contribution < 1.29 is 53.3 Å². The van der Waals surface area contributed by atoms with Crippen molar-refractivity contribution >= 4 is 11.8 Å². The van der Waals surface area contributed by atoms with Gasteiger partial charge in [-0.2, -0.15) is 0 Å². The average molecular weight is 841 g/mol. The van der Waals surface area contributed by atoms with Crippen LogP contribution in [0, 0.1) is 41.4 Å².